The molecule has 0 unspecified atom stereocenters. The smallest absolute Gasteiger partial charge is 0.316 e. The molecule has 0 aliphatic carbocycles. The Morgan fingerprint density at radius 3 is 2.50 bits per heavy atom. The molecule has 6 heteroatoms. The maximum Gasteiger partial charge on any atom is 0.316 e. The summed E-state index contributed by atoms with van der Waals surface area (Å²) in [4.78, 5) is 25.9. The lowest BCUT2D eigenvalue weighted by molar-refractivity contribution is -0.135. The van der Waals surface area contributed by atoms with Crippen LogP contribution in [-0.2, 0) is 16.0 Å². The highest BCUT2D eigenvalue weighted by atomic mass is 16.5. The maximum atomic E-state index is 10.9. The summed E-state index contributed by atoms with van der Waals surface area (Å²) < 4.78 is 5.21. The number of benzene rings is 1. The first kappa shape index (κ1) is 12.1. The minimum atomic E-state index is -0.675. The number of hydrogen-bond donors (Lipinski definition) is 2. The predicted molar refractivity (Wildman–Crippen MR) is 65.3 cm³/mol. The van der Waals surface area contributed by atoms with Crippen molar-refractivity contribution in [3.8, 4) is 5.75 Å². The molecule has 0 aromatic heterocycles. The highest BCUT2D eigenvalue weighted by Crippen LogP contribution is 2.17. The van der Waals surface area contributed by atoms with Crippen molar-refractivity contribution in [3.05, 3.63) is 29.8 Å². The summed E-state index contributed by atoms with van der Waals surface area (Å²) in [5.41, 5.74) is 1.03. The van der Waals surface area contributed by atoms with Crippen molar-refractivity contribution in [1.82, 2.24) is 10.6 Å². The molecule has 1 fully saturated rings. The lowest BCUT2D eigenvalue weighted by atomic mass is 10.1. The molecule has 18 heavy (non-hydrogen) atoms. The number of methoxy groups -OCH3 is 1. The Bertz CT molecular complexity index is 493. The molecule has 94 valence electrons. The molecule has 1 heterocycles. The first-order chi connectivity index (χ1) is 8.70. The van der Waals surface area contributed by atoms with E-state index in [9.17, 15) is 9.59 Å². The Balaban J connectivity index is 1.94. The molecule has 0 bridgehead atoms. The van der Waals surface area contributed by atoms with Gasteiger partial charge in [0.1, 0.15) is 5.75 Å². The Kier molecular flexibility index (Phi) is 3.57. The van der Waals surface area contributed by atoms with Crippen molar-refractivity contribution in [2.45, 2.75) is 6.42 Å². The zero-order chi connectivity index (χ0) is 13.0. The van der Waals surface area contributed by atoms with Crippen molar-refractivity contribution >= 4 is 17.8 Å². The molecule has 1 aliphatic rings. The number of carbonyl (C=O) groups excluding carboxylic acids is 2. The Hall–Kier alpha value is -2.37. The van der Waals surface area contributed by atoms with E-state index in [1.165, 1.54) is 0 Å². The van der Waals surface area contributed by atoms with Crippen LogP contribution in [0.15, 0.2) is 29.3 Å². The third kappa shape index (κ3) is 2.65. The SMILES string of the molecule is COc1ccccc1CCN=C1NC(=O)C(=O)N1. The average molecular weight is 247 g/mol. The van der Waals surface area contributed by atoms with Gasteiger partial charge in [0.15, 0.2) is 0 Å². The van der Waals surface area contributed by atoms with Gasteiger partial charge in [-0.3, -0.25) is 25.2 Å². The van der Waals surface area contributed by atoms with Gasteiger partial charge in [-0.25, -0.2) is 0 Å². The molecule has 0 radical (unpaired) electrons. The van der Waals surface area contributed by atoms with Crippen LogP contribution in [0.4, 0.5) is 0 Å². The van der Waals surface area contributed by atoms with E-state index >= 15 is 0 Å². The van der Waals surface area contributed by atoms with Crippen LogP contribution < -0.4 is 15.4 Å². The number of hydrogen-bond acceptors (Lipinski definition) is 4. The van der Waals surface area contributed by atoms with Crippen LogP contribution in [0.1, 0.15) is 5.56 Å². The summed E-state index contributed by atoms with van der Waals surface area (Å²) in [6.07, 6.45) is 0.666. The van der Waals surface area contributed by atoms with Gasteiger partial charge in [-0.2, -0.15) is 0 Å². The van der Waals surface area contributed by atoms with E-state index < -0.39 is 11.8 Å². The van der Waals surface area contributed by atoms with E-state index in [1.54, 1.807) is 7.11 Å². The van der Waals surface area contributed by atoms with Gasteiger partial charge in [0.2, 0.25) is 5.96 Å². The minimum absolute atomic E-state index is 0.208. The second kappa shape index (κ2) is 5.31. The van der Waals surface area contributed by atoms with Gasteiger partial charge in [-0.1, -0.05) is 18.2 Å². The van der Waals surface area contributed by atoms with Crippen LogP contribution in [0.2, 0.25) is 0 Å². The highest BCUT2D eigenvalue weighted by molar-refractivity contribution is 6.45. The fourth-order valence-corrected chi connectivity index (χ4v) is 1.64. The molecule has 1 aromatic rings. The van der Waals surface area contributed by atoms with Gasteiger partial charge in [0.25, 0.3) is 0 Å². The van der Waals surface area contributed by atoms with Crippen LogP contribution in [0.3, 0.4) is 0 Å². The molecule has 1 aliphatic heterocycles. The number of ether oxygens (including phenoxy) is 1. The molecule has 2 amide bonds. The molecule has 6 nitrogen and oxygen atoms in total. The van der Waals surface area contributed by atoms with E-state index in [-0.39, 0.29) is 5.96 Å². The molecule has 0 atom stereocenters. The van der Waals surface area contributed by atoms with Gasteiger partial charge in [0.05, 0.1) is 7.11 Å². The number of para-hydroxylation sites is 1. The fraction of sp³-hybridized carbons (Fsp3) is 0.250. The minimum Gasteiger partial charge on any atom is -0.496 e. The monoisotopic (exact) mass is 247 g/mol. The first-order valence-electron chi connectivity index (χ1n) is 5.49. The van der Waals surface area contributed by atoms with E-state index in [1.807, 2.05) is 24.3 Å². The summed E-state index contributed by atoms with van der Waals surface area (Å²) in [6.45, 7) is 0.455. The van der Waals surface area contributed by atoms with Crippen molar-refractivity contribution < 1.29 is 14.3 Å². The van der Waals surface area contributed by atoms with Crippen molar-refractivity contribution in [1.29, 1.82) is 0 Å². The molecule has 1 saturated heterocycles. The highest BCUT2D eigenvalue weighted by Gasteiger charge is 2.24. The predicted octanol–water partition coefficient (Wildman–Crippen LogP) is -0.160. The quantitative estimate of drug-likeness (QED) is 0.725. The fourth-order valence-electron chi connectivity index (χ4n) is 1.64. The Labute approximate surface area is 104 Å². The third-order valence-corrected chi connectivity index (χ3v) is 2.51. The number of rotatable bonds is 4. The second-order valence-corrected chi connectivity index (χ2v) is 3.70. The lowest BCUT2D eigenvalue weighted by Crippen LogP contribution is -2.26. The van der Waals surface area contributed by atoms with E-state index in [0.717, 1.165) is 11.3 Å². The number of nitrogens with one attached hydrogen (secondary N) is 2. The van der Waals surface area contributed by atoms with Gasteiger partial charge >= 0.3 is 11.8 Å². The Morgan fingerprint density at radius 1 is 1.17 bits per heavy atom. The van der Waals surface area contributed by atoms with Gasteiger partial charge < -0.3 is 4.74 Å². The van der Waals surface area contributed by atoms with Gasteiger partial charge in [-0.05, 0) is 18.1 Å². The molecular formula is C12H13N3O3. The number of guanidine groups is 1. The zero-order valence-corrected chi connectivity index (χ0v) is 9.90. The second-order valence-electron chi connectivity index (χ2n) is 3.70. The molecule has 0 spiro atoms. The van der Waals surface area contributed by atoms with Gasteiger partial charge in [0, 0.05) is 6.54 Å². The molecule has 2 N–H and O–H groups in total. The van der Waals surface area contributed by atoms with Crippen molar-refractivity contribution in [2.75, 3.05) is 13.7 Å². The van der Waals surface area contributed by atoms with Gasteiger partial charge in [-0.15, -0.1) is 0 Å². The van der Waals surface area contributed by atoms with E-state index in [2.05, 4.69) is 15.6 Å². The summed E-state index contributed by atoms with van der Waals surface area (Å²) in [6, 6.07) is 7.64. The number of nitrogens with zero attached hydrogens (tertiary/aromatic N) is 1. The normalized spacial score (nSPS) is 14.2. The van der Waals surface area contributed by atoms with Crippen molar-refractivity contribution in [2.24, 2.45) is 4.99 Å². The number of amides is 2. The van der Waals surface area contributed by atoms with E-state index in [4.69, 9.17) is 4.74 Å². The first-order valence-corrected chi connectivity index (χ1v) is 5.49. The summed E-state index contributed by atoms with van der Waals surface area (Å²) >= 11 is 0. The van der Waals surface area contributed by atoms with Crippen molar-refractivity contribution in [3.63, 3.8) is 0 Å². The number of aliphatic imine (C=N–C) groups is 1. The van der Waals surface area contributed by atoms with Crippen LogP contribution in [0.5, 0.6) is 5.75 Å². The average Bonchev–Trinajstić information content (AvgIpc) is 2.69. The van der Waals surface area contributed by atoms with E-state index in [0.29, 0.717) is 13.0 Å². The topological polar surface area (TPSA) is 79.8 Å². The number of carbonyl (C=O) groups is 2. The molecule has 2 rings (SSSR count). The molecular weight excluding hydrogens is 234 g/mol. The lowest BCUT2D eigenvalue weighted by Gasteiger charge is -2.06. The summed E-state index contributed by atoms with van der Waals surface area (Å²) in [5, 5.41) is 4.68. The molecule has 0 saturated carbocycles. The van der Waals surface area contributed by atoms with Crippen LogP contribution in [0.25, 0.3) is 0 Å². The Morgan fingerprint density at radius 2 is 1.83 bits per heavy atom. The van der Waals surface area contributed by atoms with Crippen LogP contribution >= 0.6 is 0 Å². The zero-order valence-electron chi connectivity index (χ0n) is 9.90. The van der Waals surface area contributed by atoms with Crippen LogP contribution in [-0.4, -0.2) is 31.4 Å². The van der Waals surface area contributed by atoms with Crippen LogP contribution in [0, 0.1) is 0 Å². The standard InChI is InChI=1S/C12H13N3O3/c1-18-9-5-3-2-4-8(9)6-7-13-12-14-10(16)11(17)15-12/h2-5H,6-7H2,1H3,(H2,13,14,15,16,17). The third-order valence-electron chi connectivity index (χ3n) is 2.51. The molecule has 1 aromatic carbocycles. The summed E-state index contributed by atoms with van der Waals surface area (Å²) in [7, 11) is 1.61. The summed E-state index contributed by atoms with van der Waals surface area (Å²) in [5.74, 6) is -0.339. The largest absolute Gasteiger partial charge is 0.496 e. The maximum absolute atomic E-state index is 10.9.